The van der Waals surface area contributed by atoms with Gasteiger partial charge in [0.15, 0.2) is 0 Å². The molecule has 4 N–H and O–H groups in total. The van der Waals surface area contributed by atoms with Crippen molar-refractivity contribution < 1.29 is 9.90 Å². The van der Waals surface area contributed by atoms with E-state index in [1.165, 1.54) is 19.3 Å². The fraction of sp³-hybridized carbons (Fsp3) is 0.650. The minimum absolute atomic E-state index is 0.415. The molecule has 1 aliphatic carbocycles. The second-order valence-electron chi connectivity index (χ2n) is 7.16. The molecule has 0 aromatic heterocycles. The number of hydrazine groups is 1. The van der Waals surface area contributed by atoms with Crippen molar-refractivity contribution in [2.24, 2.45) is 11.7 Å². The van der Waals surface area contributed by atoms with Crippen molar-refractivity contribution >= 4 is 23.4 Å². The van der Waals surface area contributed by atoms with E-state index in [0.29, 0.717) is 18.9 Å². The van der Waals surface area contributed by atoms with Gasteiger partial charge in [-0.05, 0) is 42.9 Å². The quantitative estimate of drug-likeness (QED) is 0.430. The first-order valence-electron chi connectivity index (χ1n) is 9.67. The Labute approximate surface area is 161 Å². The average molecular weight is 380 g/mol. The lowest BCUT2D eigenvalue weighted by atomic mass is 9.84. The molecule has 6 heteroatoms. The largest absolute Gasteiger partial charge is 0.382 e. The molecular formula is C20H33N3O2S. The van der Waals surface area contributed by atoms with E-state index in [-0.39, 0.29) is 0 Å². The summed E-state index contributed by atoms with van der Waals surface area (Å²) in [6, 6.07) is 9.21. The number of nitrogens with two attached hydrogens (primary N) is 1. The Hall–Kier alpha value is -1.24. The molecule has 2 atom stereocenters. The van der Waals surface area contributed by atoms with E-state index < -0.39 is 18.1 Å². The molecule has 1 amide bonds. The van der Waals surface area contributed by atoms with Gasteiger partial charge in [0.25, 0.3) is 5.91 Å². The summed E-state index contributed by atoms with van der Waals surface area (Å²) in [6.07, 6.45) is 8.63. The standard InChI is InChI=1S/C20H33N3O2S/c1-26-14-8-13-23(17-11-6-3-7-12-17)22-20(25)19(24)18(21)15-16-9-4-2-5-10-16/h3,6-7,11-12,16,18-19,24H,2,4-5,8-10,13-15,21H2,1H3,(H,22,25). The number of rotatable bonds is 10. The Bertz CT molecular complexity index is 523. The van der Waals surface area contributed by atoms with Gasteiger partial charge in [0, 0.05) is 12.6 Å². The van der Waals surface area contributed by atoms with Crippen LogP contribution in [0.4, 0.5) is 5.69 Å². The third kappa shape index (κ3) is 6.82. The van der Waals surface area contributed by atoms with Gasteiger partial charge in [0.05, 0.1) is 5.69 Å². The summed E-state index contributed by atoms with van der Waals surface area (Å²) in [5, 5.41) is 12.2. The number of nitrogens with one attached hydrogen (secondary N) is 1. The third-order valence-corrected chi connectivity index (χ3v) is 5.74. The molecule has 0 heterocycles. The normalized spacial score (nSPS) is 17.5. The molecule has 1 saturated carbocycles. The Kier molecular flexibility index (Phi) is 9.29. The van der Waals surface area contributed by atoms with E-state index in [9.17, 15) is 9.90 Å². The number of anilines is 1. The van der Waals surface area contributed by atoms with Gasteiger partial charge in [-0.15, -0.1) is 0 Å². The highest BCUT2D eigenvalue weighted by atomic mass is 32.2. The number of aliphatic hydroxyl groups is 1. The Balaban J connectivity index is 1.91. The van der Waals surface area contributed by atoms with Gasteiger partial charge in [0.1, 0.15) is 6.10 Å². The van der Waals surface area contributed by atoms with Gasteiger partial charge < -0.3 is 10.8 Å². The maximum absolute atomic E-state index is 12.6. The molecule has 5 nitrogen and oxygen atoms in total. The zero-order chi connectivity index (χ0) is 18.8. The molecule has 1 aliphatic rings. The zero-order valence-electron chi connectivity index (χ0n) is 15.8. The zero-order valence-corrected chi connectivity index (χ0v) is 16.6. The molecule has 0 saturated heterocycles. The van der Waals surface area contributed by atoms with Crippen LogP contribution in [0, 0.1) is 5.92 Å². The predicted octanol–water partition coefficient (Wildman–Crippen LogP) is 2.94. The molecule has 1 aromatic rings. The topological polar surface area (TPSA) is 78.6 Å². The molecule has 1 fully saturated rings. The number of hydrogen-bond donors (Lipinski definition) is 3. The number of thioether (sulfide) groups is 1. The summed E-state index contributed by atoms with van der Waals surface area (Å²) < 4.78 is 0. The first-order valence-corrected chi connectivity index (χ1v) is 11.1. The highest BCUT2D eigenvalue weighted by molar-refractivity contribution is 7.98. The van der Waals surface area contributed by atoms with Crippen molar-refractivity contribution in [1.29, 1.82) is 0 Å². The van der Waals surface area contributed by atoms with Crippen molar-refractivity contribution in [3.63, 3.8) is 0 Å². The van der Waals surface area contributed by atoms with Crippen LogP contribution < -0.4 is 16.2 Å². The van der Waals surface area contributed by atoms with E-state index in [1.54, 1.807) is 11.8 Å². The van der Waals surface area contributed by atoms with Crippen LogP contribution in [0.25, 0.3) is 0 Å². The molecular weight excluding hydrogens is 346 g/mol. The molecule has 2 unspecified atom stereocenters. The first-order chi connectivity index (χ1) is 12.6. The Morgan fingerprint density at radius 2 is 2.00 bits per heavy atom. The second-order valence-corrected chi connectivity index (χ2v) is 8.14. The Morgan fingerprint density at radius 1 is 1.31 bits per heavy atom. The second kappa shape index (κ2) is 11.5. The minimum atomic E-state index is -1.18. The van der Waals surface area contributed by atoms with Gasteiger partial charge in [-0.25, -0.2) is 0 Å². The van der Waals surface area contributed by atoms with Crippen LogP contribution in [-0.4, -0.2) is 41.7 Å². The molecule has 26 heavy (non-hydrogen) atoms. The van der Waals surface area contributed by atoms with E-state index >= 15 is 0 Å². The molecule has 0 aliphatic heterocycles. The lowest BCUT2D eigenvalue weighted by Crippen LogP contribution is -2.53. The number of hydrogen-bond acceptors (Lipinski definition) is 5. The highest BCUT2D eigenvalue weighted by Gasteiger charge is 2.27. The molecule has 2 rings (SSSR count). The molecule has 1 aromatic carbocycles. The number of para-hydroxylation sites is 1. The van der Waals surface area contributed by atoms with Crippen molar-refractivity contribution in [1.82, 2.24) is 5.43 Å². The smallest absolute Gasteiger partial charge is 0.268 e. The maximum Gasteiger partial charge on any atom is 0.268 e. The number of carbonyl (C=O) groups excluding carboxylic acids is 1. The molecule has 0 bridgehead atoms. The minimum Gasteiger partial charge on any atom is -0.382 e. The van der Waals surface area contributed by atoms with Crippen LogP contribution in [-0.2, 0) is 4.79 Å². The highest BCUT2D eigenvalue weighted by Crippen LogP contribution is 2.27. The molecule has 146 valence electrons. The first kappa shape index (κ1) is 21.1. The van der Waals surface area contributed by atoms with E-state index in [4.69, 9.17) is 5.73 Å². The van der Waals surface area contributed by atoms with Crippen molar-refractivity contribution in [2.45, 2.75) is 57.1 Å². The summed E-state index contributed by atoms with van der Waals surface area (Å²) >= 11 is 1.78. The number of amides is 1. The average Bonchev–Trinajstić information content (AvgIpc) is 2.68. The summed E-state index contributed by atoms with van der Waals surface area (Å²) in [7, 11) is 0. The summed E-state index contributed by atoms with van der Waals surface area (Å²) in [5.74, 6) is 1.14. The lowest BCUT2D eigenvalue weighted by Gasteiger charge is -2.30. The van der Waals surface area contributed by atoms with Gasteiger partial charge in [-0.3, -0.25) is 15.2 Å². The summed E-state index contributed by atoms with van der Waals surface area (Å²) in [5.41, 5.74) is 9.93. The van der Waals surface area contributed by atoms with Crippen molar-refractivity contribution in [3.8, 4) is 0 Å². The lowest BCUT2D eigenvalue weighted by molar-refractivity contribution is -0.130. The van der Waals surface area contributed by atoms with E-state index in [1.807, 2.05) is 35.3 Å². The predicted molar refractivity (Wildman–Crippen MR) is 110 cm³/mol. The number of aliphatic hydroxyl groups excluding tert-OH is 1. The van der Waals surface area contributed by atoms with Crippen molar-refractivity contribution in [2.75, 3.05) is 23.6 Å². The maximum atomic E-state index is 12.6. The number of benzene rings is 1. The van der Waals surface area contributed by atoms with E-state index in [2.05, 4.69) is 11.7 Å². The molecule has 0 spiro atoms. The van der Waals surface area contributed by atoms with Crippen LogP contribution in [0.2, 0.25) is 0 Å². The van der Waals surface area contributed by atoms with Crippen LogP contribution in [0.3, 0.4) is 0 Å². The monoisotopic (exact) mass is 379 g/mol. The fourth-order valence-electron chi connectivity index (χ4n) is 3.55. The number of nitrogens with zero attached hydrogens (tertiary/aromatic N) is 1. The summed E-state index contributed by atoms with van der Waals surface area (Å²) in [4.78, 5) is 12.6. The van der Waals surface area contributed by atoms with Crippen LogP contribution in [0.5, 0.6) is 0 Å². The summed E-state index contributed by atoms with van der Waals surface area (Å²) in [6.45, 7) is 0.696. The number of carbonyl (C=O) groups is 1. The van der Waals surface area contributed by atoms with Gasteiger partial charge in [-0.2, -0.15) is 11.8 Å². The molecule has 0 radical (unpaired) electrons. The van der Waals surface area contributed by atoms with Gasteiger partial charge >= 0.3 is 0 Å². The van der Waals surface area contributed by atoms with Crippen LogP contribution in [0.1, 0.15) is 44.9 Å². The SMILES string of the molecule is CSCCCN(NC(=O)C(O)C(N)CC1CCCCC1)c1ccccc1. The third-order valence-electron chi connectivity index (χ3n) is 5.05. The van der Waals surface area contributed by atoms with Gasteiger partial charge in [-0.1, -0.05) is 50.3 Å². The van der Waals surface area contributed by atoms with Gasteiger partial charge in [0.2, 0.25) is 0 Å². The van der Waals surface area contributed by atoms with E-state index in [0.717, 1.165) is 30.7 Å². The van der Waals surface area contributed by atoms with Crippen LogP contribution in [0.15, 0.2) is 30.3 Å². The van der Waals surface area contributed by atoms with Crippen molar-refractivity contribution in [3.05, 3.63) is 30.3 Å². The van der Waals surface area contributed by atoms with Crippen LogP contribution >= 0.6 is 11.8 Å². The fourth-order valence-corrected chi connectivity index (χ4v) is 3.97. The Morgan fingerprint density at radius 3 is 2.65 bits per heavy atom.